The van der Waals surface area contributed by atoms with Crippen molar-refractivity contribution in [2.24, 2.45) is 5.92 Å². The number of hydrogen-bond donors (Lipinski definition) is 2. The first-order chi connectivity index (χ1) is 16.9. The number of rotatable bonds is 7. The second-order valence-corrected chi connectivity index (χ2v) is 9.65. The Labute approximate surface area is 205 Å². The van der Waals surface area contributed by atoms with Gasteiger partial charge in [-0.25, -0.2) is 13.6 Å². The predicted molar refractivity (Wildman–Crippen MR) is 131 cm³/mol. The fourth-order valence-electron chi connectivity index (χ4n) is 5.01. The molecule has 0 spiro atoms. The largest absolute Gasteiger partial charge is 0.372 e. The molecule has 0 aromatic heterocycles. The summed E-state index contributed by atoms with van der Waals surface area (Å²) in [5, 5.41) is 5.62. The van der Waals surface area contributed by atoms with Crippen LogP contribution >= 0.6 is 0 Å². The van der Waals surface area contributed by atoms with Crippen molar-refractivity contribution in [2.75, 3.05) is 31.6 Å². The number of Topliss-reactive ketones (excluding diaryl/α,β-unsaturated/α-hetero) is 1. The Morgan fingerprint density at radius 2 is 1.97 bits per heavy atom. The van der Waals surface area contributed by atoms with E-state index in [0.29, 0.717) is 23.7 Å². The molecule has 0 saturated carbocycles. The second kappa shape index (κ2) is 11.7. The molecule has 0 bridgehead atoms. The lowest BCUT2D eigenvalue weighted by Crippen LogP contribution is -2.55. The third-order valence-electron chi connectivity index (χ3n) is 6.77. The molecule has 0 radical (unpaired) electrons. The van der Waals surface area contributed by atoms with Gasteiger partial charge >= 0.3 is 6.03 Å². The van der Waals surface area contributed by atoms with Gasteiger partial charge in [-0.2, -0.15) is 0 Å². The number of urea groups is 1. The van der Waals surface area contributed by atoms with E-state index < -0.39 is 18.2 Å². The number of halogens is 2. The van der Waals surface area contributed by atoms with Gasteiger partial charge in [0.25, 0.3) is 0 Å². The fourth-order valence-corrected chi connectivity index (χ4v) is 5.01. The molecule has 35 heavy (non-hydrogen) atoms. The van der Waals surface area contributed by atoms with E-state index in [-0.39, 0.29) is 30.7 Å². The molecule has 2 heterocycles. The molecule has 2 saturated heterocycles. The highest BCUT2D eigenvalue weighted by Gasteiger charge is 2.34. The summed E-state index contributed by atoms with van der Waals surface area (Å²) in [7, 11) is 0. The lowest BCUT2D eigenvalue weighted by molar-refractivity contribution is -0.0623. The van der Waals surface area contributed by atoms with E-state index in [1.807, 2.05) is 12.1 Å². The van der Waals surface area contributed by atoms with Crippen molar-refractivity contribution in [2.45, 2.75) is 50.9 Å². The molecule has 0 aliphatic carbocycles. The number of anilines is 1. The van der Waals surface area contributed by atoms with Crippen molar-refractivity contribution < 1.29 is 23.1 Å². The SMILES string of the molecule is CC(=O)c1cccc(NC(=O)N[C@@H]2C[C@@H](F)CO[C@@H]2CN2CCC[C@@H](Cc3ccc(F)cc3)C2)c1. The first-order valence-corrected chi connectivity index (χ1v) is 12.3. The summed E-state index contributed by atoms with van der Waals surface area (Å²) in [6, 6.07) is 12.5. The Morgan fingerprint density at radius 3 is 2.74 bits per heavy atom. The van der Waals surface area contributed by atoms with Gasteiger partial charge in [0, 0.05) is 30.8 Å². The topological polar surface area (TPSA) is 70.7 Å². The molecule has 2 N–H and O–H groups in total. The molecule has 2 aromatic rings. The molecule has 4 atom stereocenters. The average Bonchev–Trinajstić information content (AvgIpc) is 2.83. The van der Waals surface area contributed by atoms with Gasteiger partial charge in [0.05, 0.1) is 18.8 Å². The van der Waals surface area contributed by atoms with Crippen molar-refractivity contribution in [3.63, 3.8) is 0 Å². The highest BCUT2D eigenvalue weighted by Crippen LogP contribution is 2.24. The summed E-state index contributed by atoms with van der Waals surface area (Å²) >= 11 is 0. The smallest absolute Gasteiger partial charge is 0.319 e. The minimum Gasteiger partial charge on any atom is -0.372 e. The molecule has 4 rings (SSSR count). The zero-order chi connectivity index (χ0) is 24.8. The van der Waals surface area contributed by atoms with Crippen LogP contribution in [0.15, 0.2) is 48.5 Å². The maximum Gasteiger partial charge on any atom is 0.319 e. The van der Waals surface area contributed by atoms with E-state index in [0.717, 1.165) is 37.9 Å². The third-order valence-corrected chi connectivity index (χ3v) is 6.77. The minimum atomic E-state index is -1.13. The van der Waals surface area contributed by atoms with Gasteiger partial charge in [0.2, 0.25) is 0 Å². The van der Waals surface area contributed by atoms with Gasteiger partial charge in [-0.05, 0) is 68.5 Å². The van der Waals surface area contributed by atoms with E-state index in [9.17, 15) is 18.4 Å². The first-order valence-electron chi connectivity index (χ1n) is 12.3. The molecule has 0 unspecified atom stereocenters. The van der Waals surface area contributed by atoms with Crippen LogP contribution in [0.2, 0.25) is 0 Å². The summed E-state index contributed by atoms with van der Waals surface area (Å²) in [5.74, 6) is 0.137. The zero-order valence-electron chi connectivity index (χ0n) is 20.0. The van der Waals surface area contributed by atoms with Gasteiger partial charge in [-0.15, -0.1) is 0 Å². The zero-order valence-corrected chi connectivity index (χ0v) is 20.0. The maximum atomic E-state index is 14.2. The van der Waals surface area contributed by atoms with Crippen LogP contribution in [0.3, 0.4) is 0 Å². The summed E-state index contributed by atoms with van der Waals surface area (Å²) in [6.07, 6.45) is 1.78. The van der Waals surface area contributed by atoms with Gasteiger partial charge in [-0.1, -0.05) is 24.3 Å². The summed E-state index contributed by atoms with van der Waals surface area (Å²) in [4.78, 5) is 26.6. The first kappa shape index (κ1) is 25.3. The highest BCUT2D eigenvalue weighted by molar-refractivity contribution is 5.96. The van der Waals surface area contributed by atoms with Crippen molar-refractivity contribution in [1.29, 1.82) is 0 Å². The quantitative estimate of drug-likeness (QED) is 0.563. The molecule has 2 aromatic carbocycles. The predicted octanol–water partition coefficient (Wildman–Crippen LogP) is 4.60. The number of ether oxygens (including phenoxy) is 1. The highest BCUT2D eigenvalue weighted by atomic mass is 19.1. The van der Waals surface area contributed by atoms with E-state index >= 15 is 0 Å². The number of ketones is 1. The molecule has 6 nitrogen and oxygen atoms in total. The van der Waals surface area contributed by atoms with Crippen molar-refractivity contribution >= 4 is 17.5 Å². The summed E-state index contributed by atoms with van der Waals surface area (Å²) < 4.78 is 33.2. The van der Waals surface area contributed by atoms with Crippen LogP contribution in [0.1, 0.15) is 42.1 Å². The average molecular weight is 486 g/mol. The van der Waals surface area contributed by atoms with Crippen molar-refractivity contribution in [3.05, 3.63) is 65.5 Å². The molecule has 2 fully saturated rings. The van der Waals surface area contributed by atoms with E-state index in [1.54, 1.807) is 24.3 Å². The van der Waals surface area contributed by atoms with Crippen LogP contribution in [0.4, 0.5) is 19.3 Å². The Bertz CT molecular complexity index is 1020. The molecule has 2 amide bonds. The van der Waals surface area contributed by atoms with Gasteiger partial charge in [-0.3, -0.25) is 4.79 Å². The normalized spacial score (nSPS) is 25.1. The van der Waals surface area contributed by atoms with Crippen molar-refractivity contribution in [1.82, 2.24) is 10.2 Å². The Kier molecular flexibility index (Phi) is 8.46. The standard InChI is InChI=1S/C27H33F2N3O3/c1-18(33)21-5-2-6-24(13-21)30-27(34)31-25-14-23(29)17-35-26(25)16-32-11-3-4-20(15-32)12-19-7-9-22(28)10-8-19/h2,5-10,13,20,23,25-26H,3-4,11-12,14-17H2,1H3,(H2,30,31,34)/t20-,23+,25+,26+/m0/s1. The number of likely N-dealkylation sites (tertiary alicyclic amines) is 1. The van der Waals surface area contributed by atoms with Gasteiger partial charge in [0.15, 0.2) is 5.78 Å². The van der Waals surface area contributed by atoms with E-state index in [4.69, 9.17) is 4.74 Å². The molecule has 188 valence electrons. The number of benzene rings is 2. The van der Waals surface area contributed by atoms with Crippen LogP contribution in [0, 0.1) is 11.7 Å². The number of nitrogens with zero attached hydrogens (tertiary/aromatic N) is 1. The minimum absolute atomic E-state index is 0.0258. The van der Waals surface area contributed by atoms with Gasteiger partial charge in [0.1, 0.15) is 12.0 Å². The van der Waals surface area contributed by atoms with Crippen LogP contribution < -0.4 is 10.6 Å². The van der Waals surface area contributed by atoms with Gasteiger partial charge < -0.3 is 20.3 Å². The third kappa shape index (κ3) is 7.32. The lowest BCUT2D eigenvalue weighted by atomic mass is 9.90. The molecule has 8 heteroatoms. The number of nitrogens with one attached hydrogen (secondary N) is 2. The molecule has 2 aliphatic heterocycles. The molecular weight excluding hydrogens is 452 g/mol. The number of alkyl halides is 1. The van der Waals surface area contributed by atoms with Crippen LogP contribution in [0.25, 0.3) is 0 Å². The number of hydrogen-bond acceptors (Lipinski definition) is 4. The maximum absolute atomic E-state index is 14.2. The summed E-state index contributed by atoms with van der Waals surface area (Å²) in [5.41, 5.74) is 2.13. The molecular formula is C27H33F2N3O3. The number of amides is 2. The monoisotopic (exact) mass is 485 g/mol. The van der Waals surface area contributed by atoms with Crippen molar-refractivity contribution in [3.8, 4) is 0 Å². The summed E-state index contributed by atoms with van der Waals surface area (Å²) in [6.45, 7) is 3.91. The number of piperidine rings is 1. The number of carbonyl (C=O) groups excluding carboxylic acids is 2. The van der Waals surface area contributed by atoms with E-state index in [1.165, 1.54) is 19.1 Å². The van der Waals surface area contributed by atoms with E-state index in [2.05, 4.69) is 15.5 Å². The Morgan fingerprint density at radius 1 is 1.17 bits per heavy atom. The fraction of sp³-hybridized carbons (Fsp3) is 0.481. The molecule has 2 aliphatic rings. The van der Waals surface area contributed by atoms with Crippen LogP contribution in [-0.4, -0.2) is 61.3 Å². The number of carbonyl (C=O) groups is 2. The Balaban J connectivity index is 1.33. The lowest BCUT2D eigenvalue weighted by Gasteiger charge is -2.39. The van der Waals surface area contributed by atoms with Crippen LogP contribution in [0.5, 0.6) is 0 Å². The second-order valence-electron chi connectivity index (χ2n) is 9.65. The Hall–Kier alpha value is -2.84. The van der Waals surface area contributed by atoms with Crippen LogP contribution in [-0.2, 0) is 11.2 Å².